The Kier molecular flexibility index (Phi) is 20.4. The molecule has 0 amide bonds. The largest absolute Gasteiger partial charge is 4.00 e. The van der Waals surface area contributed by atoms with Gasteiger partial charge in [0.1, 0.15) is 0 Å². The molecule has 0 saturated carbocycles. The Hall–Kier alpha value is -0.757. The van der Waals surface area contributed by atoms with E-state index in [-0.39, 0.29) is 26.2 Å². The molecule has 0 aromatic heterocycles. The van der Waals surface area contributed by atoms with Gasteiger partial charge < -0.3 is 9.11 Å². The molecule has 2 aliphatic carbocycles. The molecule has 0 radical (unpaired) electrons. The summed E-state index contributed by atoms with van der Waals surface area (Å²) in [4.78, 5) is 0. The second-order valence-electron chi connectivity index (χ2n) is 7.66. The summed E-state index contributed by atoms with van der Waals surface area (Å²) < 4.78 is 118. The molecule has 0 bridgehead atoms. The van der Waals surface area contributed by atoms with E-state index in [1.807, 2.05) is 0 Å². The second-order valence-corrected chi connectivity index (χ2v) is 10.4. The SMILES string of the molecule is CCCC(C)C1=[C-]CC=C1.CCCC(C)C1=[C-]CC=C1.O=S(=O)([O-])C(F)(F)F.O=S(=O)([O-])C(F)(F)F.[Zr+4]. The first-order chi connectivity index (χ1) is 16.2. The van der Waals surface area contributed by atoms with Crippen molar-refractivity contribution in [2.24, 2.45) is 11.8 Å². The summed E-state index contributed by atoms with van der Waals surface area (Å²) in [6, 6.07) is 0. The molecule has 0 aromatic rings. The summed E-state index contributed by atoms with van der Waals surface area (Å²) in [5.41, 5.74) is -8.45. The number of hydrogen-bond donors (Lipinski definition) is 0. The first-order valence-electron chi connectivity index (χ1n) is 10.8. The van der Waals surface area contributed by atoms with Crippen LogP contribution in [0.25, 0.3) is 0 Å². The van der Waals surface area contributed by atoms with E-state index in [2.05, 4.69) is 64.2 Å². The van der Waals surface area contributed by atoms with Crippen molar-refractivity contribution in [1.82, 2.24) is 0 Å². The Bertz CT molecular complexity index is 902. The first kappa shape index (κ1) is 40.7. The molecule has 0 spiro atoms. The number of allylic oxidation sites excluding steroid dienone is 8. The standard InChI is InChI=1S/2C10H15.2CHF3O3S.Zr/c2*1-3-6-9(2)10-7-4-5-8-10;2*2-1(3,4)8(5,6)7;/h2*4,7,9H,3,5-6H2,1-2H3;2*(H,5,6,7);/q2*-1;;;+4/p-2. The normalized spacial score (nSPS) is 16.4. The van der Waals surface area contributed by atoms with Crippen molar-refractivity contribution >= 4 is 20.2 Å². The van der Waals surface area contributed by atoms with Gasteiger partial charge in [0.2, 0.25) is 0 Å². The molecular formula is C22H30F6O6S2Zr. The molecule has 0 heterocycles. The van der Waals surface area contributed by atoms with Crippen molar-refractivity contribution in [3.8, 4) is 0 Å². The van der Waals surface area contributed by atoms with Gasteiger partial charge in [0.25, 0.3) is 0 Å². The van der Waals surface area contributed by atoms with Gasteiger partial charge in [-0.25, -0.2) is 40.1 Å². The van der Waals surface area contributed by atoms with Crippen LogP contribution in [0.4, 0.5) is 26.3 Å². The fourth-order valence-electron chi connectivity index (χ4n) is 2.70. The van der Waals surface area contributed by atoms with Crippen LogP contribution in [0.1, 0.15) is 66.2 Å². The third kappa shape index (κ3) is 19.0. The number of hydrogen-bond acceptors (Lipinski definition) is 6. The molecule has 6 nitrogen and oxygen atoms in total. The van der Waals surface area contributed by atoms with Gasteiger partial charge in [0, 0.05) is 0 Å². The second kappa shape index (κ2) is 18.5. The minimum atomic E-state index is -6.09. The zero-order chi connectivity index (χ0) is 28.8. The summed E-state index contributed by atoms with van der Waals surface area (Å²) in [7, 11) is -12.2. The van der Waals surface area contributed by atoms with Gasteiger partial charge in [-0.2, -0.15) is 38.5 Å². The predicted octanol–water partition coefficient (Wildman–Crippen LogP) is 6.32. The zero-order valence-corrected chi connectivity index (χ0v) is 24.8. The van der Waals surface area contributed by atoms with Gasteiger partial charge in [0.05, 0.1) is 0 Å². The molecule has 15 heteroatoms. The van der Waals surface area contributed by atoms with Crippen LogP contribution in [0, 0.1) is 24.0 Å². The maximum Gasteiger partial charge on any atom is 4.00 e. The van der Waals surface area contributed by atoms with Gasteiger partial charge >= 0.3 is 37.2 Å². The Morgan fingerprint density at radius 2 is 1.00 bits per heavy atom. The van der Waals surface area contributed by atoms with E-state index in [4.69, 9.17) is 25.9 Å². The molecule has 2 unspecified atom stereocenters. The van der Waals surface area contributed by atoms with Crippen LogP contribution in [0.3, 0.4) is 0 Å². The van der Waals surface area contributed by atoms with Crippen LogP contribution in [0.2, 0.25) is 0 Å². The van der Waals surface area contributed by atoms with Crippen molar-refractivity contribution in [3.63, 3.8) is 0 Å². The van der Waals surface area contributed by atoms with E-state index in [0.29, 0.717) is 0 Å². The van der Waals surface area contributed by atoms with Crippen LogP contribution < -0.4 is 0 Å². The minimum absolute atomic E-state index is 0. The molecule has 212 valence electrons. The first-order valence-corrected chi connectivity index (χ1v) is 13.6. The summed E-state index contributed by atoms with van der Waals surface area (Å²) in [6.45, 7) is 9.02. The van der Waals surface area contributed by atoms with E-state index >= 15 is 0 Å². The van der Waals surface area contributed by atoms with Gasteiger partial charge in [-0.3, -0.25) is 12.2 Å². The van der Waals surface area contributed by atoms with Crippen molar-refractivity contribution in [2.75, 3.05) is 0 Å². The van der Waals surface area contributed by atoms with E-state index in [1.54, 1.807) is 0 Å². The third-order valence-electron chi connectivity index (χ3n) is 4.52. The average Bonchev–Trinajstić information content (AvgIpc) is 3.41. The molecule has 0 fully saturated rings. The third-order valence-corrected chi connectivity index (χ3v) is 5.65. The summed E-state index contributed by atoms with van der Waals surface area (Å²) in [5, 5.41) is 0. The van der Waals surface area contributed by atoms with Crippen LogP contribution in [-0.4, -0.2) is 37.0 Å². The average molecular weight is 660 g/mol. The van der Waals surface area contributed by atoms with Crippen LogP contribution in [0.15, 0.2) is 35.5 Å². The van der Waals surface area contributed by atoms with Crippen LogP contribution in [-0.2, 0) is 46.4 Å². The van der Waals surface area contributed by atoms with Crippen molar-refractivity contribution in [3.05, 3.63) is 47.6 Å². The Labute approximate surface area is 234 Å². The summed E-state index contributed by atoms with van der Waals surface area (Å²) in [5.74, 6) is 1.45. The molecule has 0 saturated heterocycles. The van der Waals surface area contributed by atoms with Crippen molar-refractivity contribution < 1.29 is 78.5 Å². The zero-order valence-electron chi connectivity index (χ0n) is 20.7. The van der Waals surface area contributed by atoms with Gasteiger partial charge in [0.15, 0.2) is 20.2 Å². The summed E-state index contributed by atoms with van der Waals surface area (Å²) >= 11 is 0. The van der Waals surface area contributed by atoms with E-state index in [0.717, 1.165) is 24.7 Å². The van der Waals surface area contributed by atoms with E-state index in [1.165, 1.54) is 36.8 Å². The molecule has 2 rings (SSSR count). The topological polar surface area (TPSA) is 114 Å². The van der Waals surface area contributed by atoms with Crippen molar-refractivity contribution in [2.45, 2.75) is 77.2 Å². The number of rotatable bonds is 6. The predicted molar refractivity (Wildman–Crippen MR) is 121 cm³/mol. The number of halogens is 6. The molecule has 37 heavy (non-hydrogen) atoms. The van der Waals surface area contributed by atoms with E-state index < -0.39 is 31.3 Å². The maximum absolute atomic E-state index is 10.7. The molecule has 0 aliphatic heterocycles. The molecule has 2 aliphatic rings. The smallest absolute Gasteiger partial charge is 0.741 e. The Balaban J connectivity index is -0.000000416. The van der Waals surface area contributed by atoms with Gasteiger partial charge in [-0.15, -0.1) is 12.8 Å². The van der Waals surface area contributed by atoms with Crippen molar-refractivity contribution in [1.29, 1.82) is 0 Å². The molecule has 2 atom stereocenters. The van der Waals surface area contributed by atoms with Gasteiger partial charge in [-0.1, -0.05) is 52.4 Å². The quantitative estimate of drug-likeness (QED) is 0.143. The molecule has 0 aromatic carbocycles. The number of alkyl halides is 6. The fraction of sp³-hybridized carbons (Fsp3) is 0.636. The minimum Gasteiger partial charge on any atom is -0.741 e. The monoisotopic (exact) mass is 658 g/mol. The van der Waals surface area contributed by atoms with Gasteiger partial charge in [-0.05, 0) is 12.8 Å². The summed E-state index contributed by atoms with van der Waals surface area (Å²) in [6.07, 6.45) is 22.7. The fourth-order valence-corrected chi connectivity index (χ4v) is 2.70. The molecular weight excluding hydrogens is 630 g/mol. The maximum atomic E-state index is 10.7. The van der Waals surface area contributed by atoms with E-state index in [9.17, 15) is 26.3 Å². The van der Waals surface area contributed by atoms with Crippen LogP contribution in [0.5, 0.6) is 0 Å². The van der Waals surface area contributed by atoms with Crippen LogP contribution >= 0.6 is 0 Å². The molecule has 0 N–H and O–H groups in total. The Morgan fingerprint density at radius 1 is 0.757 bits per heavy atom. The Morgan fingerprint density at radius 3 is 1.14 bits per heavy atom.